The van der Waals surface area contributed by atoms with Crippen molar-refractivity contribution in [1.29, 1.82) is 0 Å². The predicted octanol–water partition coefficient (Wildman–Crippen LogP) is 0.516. The molecule has 5 heteroatoms. The van der Waals surface area contributed by atoms with Crippen molar-refractivity contribution in [2.75, 3.05) is 33.2 Å². The highest BCUT2D eigenvalue weighted by molar-refractivity contribution is 5.75. The smallest absolute Gasteiger partial charge is 0.317 e. The molecule has 0 atom stereocenters. The van der Waals surface area contributed by atoms with Gasteiger partial charge < -0.3 is 15.1 Å². The van der Waals surface area contributed by atoms with Crippen LogP contribution >= 0.6 is 0 Å². The third-order valence-electron chi connectivity index (χ3n) is 2.23. The first kappa shape index (κ1) is 13.7. The number of urea groups is 1. The van der Waals surface area contributed by atoms with E-state index in [4.69, 9.17) is 0 Å². The summed E-state index contributed by atoms with van der Waals surface area (Å²) in [6.07, 6.45) is 0. The monoisotopic (exact) mass is 215 g/mol. The normalized spacial score (nSPS) is 15.2. The van der Waals surface area contributed by atoms with Gasteiger partial charge in [0.15, 0.2) is 0 Å². The molecule has 0 spiro atoms. The summed E-state index contributed by atoms with van der Waals surface area (Å²) in [5, 5.41) is 2.56. The molecule has 1 heterocycles. The number of piperazine rings is 1. The van der Waals surface area contributed by atoms with Gasteiger partial charge in [-0.2, -0.15) is 0 Å². The zero-order valence-corrected chi connectivity index (χ0v) is 10.0. The maximum atomic E-state index is 11.2. The van der Waals surface area contributed by atoms with Crippen LogP contribution in [0.2, 0.25) is 0 Å². The molecule has 0 aliphatic carbocycles. The summed E-state index contributed by atoms with van der Waals surface area (Å²) < 4.78 is 0. The van der Waals surface area contributed by atoms with Gasteiger partial charge in [0.2, 0.25) is 5.91 Å². The van der Waals surface area contributed by atoms with Crippen molar-refractivity contribution in [2.45, 2.75) is 20.8 Å². The second-order valence-electron chi connectivity index (χ2n) is 3.05. The molecule has 0 aromatic heterocycles. The van der Waals surface area contributed by atoms with Crippen LogP contribution in [0.25, 0.3) is 0 Å². The predicted molar refractivity (Wildman–Crippen MR) is 59.6 cm³/mol. The van der Waals surface area contributed by atoms with E-state index in [1.165, 1.54) is 0 Å². The van der Waals surface area contributed by atoms with Gasteiger partial charge >= 0.3 is 6.03 Å². The van der Waals surface area contributed by atoms with Gasteiger partial charge in [0.25, 0.3) is 0 Å². The van der Waals surface area contributed by atoms with E-state index in [0.29, 0.717) is 26.2 Å². The van der Waals surface area contributed by atoms with Crippen LogP contribution in [-0.4, -0.2) is 55.0 Å². The molecule has 3 amide bonds. The van der Waals surface area contributed by atoms with Crippen LogP contribution in [0, 0.1) is 0 Å². The van der Waals surface area contributed by atoms with Gasteiger partial charge in [-0.25, -0.2) is 4.79 Å². The topological polar surface area (TPSA) is 52.7 Å². The second-order valence-corrected chi connectivity index (χ2v) is 3.05. The van der Waals surface area contributed by atoms with Gasteiger partial charge in [0.05, 0.1) is 0 Å². The van der Waals surface area contributed by atoms with E-state index >= 15 is 0 Å². The SMILES string of the molecule is CC.CNC(=O)N1CCN(C(C)=O)CC1. The molecule has 1 fully saturated rings. The van der Waals surface area contributed by atoms with E-state index in [-0.39, 0.29) is 11.9 Å². The fraction of sp³-hybridized carbons (Fsp3) is 0.800. The summed E-state index contributed by atoms with van der Waals surface area (Å²) in [5.74, 6) is 0.0801. The van der Waals surface area contributed by atoms with Gasteiger partial charge in [-0.1, -0.05) is 13.8 Å². The van der Waals surface area contributed by atoms with E-state index < -0.39 is 0 Å². The summed E-state index contributed by atoms with van der Waals surface area (Å²) >= 11 is 0. The lowest BCUT2D eigenvalue weighted by atomic mass is 10.3. The van der Waals surface area contributed by atoms with Crippen molar-refractivity contribution in [3.63, 3.8) is 0 Å². The van der Waals surface area contributed by atoms with Crippen molar-refractivity contribution >= 4 is 11.9 Å². The molecular weight excluding hydrogens is 194 g/mol. The summed E-state index contributed by atoms with van der Waals surface area (Å²) in [5.41, 5.74) is 0. The van der Waals surface area contributed by atoms with Crippen LogP contribution in [0.3, 0.4) is 0 Å². The van der Waals surface area contributed by atoms with Gasteiger partial charge in [-0.3, -0.25) is 4.79 Å². The fourth-order valence-corrected chi connectivity index (χ4v) is 1.38. The highest BCUT2D eigenvalue weighted by Crippen LogP contribution is 2.01. The standard InChI is InChI=1S/C8H15N3O2.C2H6/c1-7(12)10-3-5-11(6-4-10)8(13)9-2;1-2/h3-6H2,1-2H3,(H,9,13);1-2H3. The quantitative estimate of drug-likeness (QED) is 0.640. The maximum Gasteiger partial charge on any atom is 0.317 e. The number of amides is 3. The average molecular weight is 215 g/mol. The molecule has 0 bridgehead atoms. The van der Waals surface area contributed by atoms with E-state index in [2.05, 4.69) is 5.32 Å². The number of carbonyl (C=O) groups is 2. The van der Waals surface area contributed by atoms with Gasteiger partial charge in [-0.15, -0.1) is 0 Å². The minimum Gasteiger partial charge on any atom is -0.341 e. The molecule has 0 aromatic carbocycles. The highest BCUT2D eigenvalue weighted by Gasteiger charge is 2.20. The Morgan fingerprint density at radius 1 is 1.00 bits per heavy atom. The van der Waals surface area contributed by atoms with Crippen LogP contribution in [0.15, 0.2) is 0 Å². The molecule has 0 saturated carbocycles. The Hall–Kier alpha value is -1.26. The molecule has 0 aromatic rings. The van der Waals surface area contributed by atoms with Crippen LogP contribution in [0.4, 0.5) is 4.79 Å². The molecule has 1 N–H and O–H groups in total. The van der Waals surface area contributed by atoms with Gasteiger partial charge in [0.1, 0.15) is 0 Å². The number of nitrogens with one attached hydrogen (secondary N) is 1. The van der Waals surface area contributed by atoms with Crippen LogP contribution in [-0.2, 0) is 4.79 Å². The summed E-state index contributed by atoms with van der Waals surface area (Å²) in [4.78, 5) is 25.6. The van der Waals surface area contributed by atoms with E-state index in [9.17, 15) is 9.59 Å². The Bertz CT molecular complexity index is 211. The molecule has 5 nitrogen and oxygen atoms in total. The van der Waals surface area contributed by atoms with E-state index in [1.807, 2.05) is 13.8 Å². The summed E-state index contributed by atoms with van der Waals surface area (Å²) in [7, 11) is 1.61. The lowest BCUT2D eigenvalue weighted by Gasteiger charge is -2.33. The number of hydrogen-bond donors (Lipinski definition) is 1. The zero-order chi connectivity index (χ0) is 11.8. The average Bonchev–Trinajstić information content (AvgIpc) is 2.31. The first-order valence-electron chi connectivity index (χ1n) is 5.37. The maximum absolute atomic E-state index is 11.2. The summed E-state index contributed by atoms with van der Waals surface area (Å²) in [6, 6.07) is -0.0665. The molecular formula is C10H21N3O2. The number of carbonyl (C=O) groups excluding carboxylic acids is 2. The first-order chi connectivity index (χ1) is 7.15. The molecule has 88 valence electrons. The molecule has 15 heavy (non-hydrogen) atoms. The third kappa shape index (κ3) is 4.18. The minimum absolute atomic E-state index is 0.0665. The Balaban J connectivity index is 0.000000921. The Kier molecular flexibility index (Phi) is 6.49. The number of hydrogen-bond acceptors (Lipinski definition) is 2. The molecule has 0 radical (unpaired) electrons. The van der Waals surface area contributed by atoms with Crippen molar-refractivity contribution < 1.29 is 9.59 Å². The Morgan fingerprint density at radius 2 is 1.40 bits per heavy atom. The second kappa shape index (κ2) is 7.09. The van der Waals surface area contributed by atoms with Crippen molar-refractivity contribution in [3.8, 4) is 0 Å². The van der Waals surface area contributed by atoms with E-state index in [0.717, 1.165) is 0 Å². The Labute approximate surface area is 91.4 Å². The lowest BCUT2D eigenvalue weighted by molar-refractivity contribution is -0.130. The van der Waals surface area contributed by atoms with Gasteiger partial charge in [0, 0.05) is 40.2 Å². The molecule has 1 saturated heterocycles. The first-order valence-corrected chi connectivity index (χ1v) is 5.37. The van der Waals surface area contributed by atoms with Crippen LogP contribution < -0.4 is 5.32 Å². The number of rotatable bonds is 0. The van der Waals surface area contributed by atoms with Crippen LogP contribution in [0.1, 0.15) is 20.8 Å². The number of nitrogens with zero attached hydrogens (tertiary/aromatic N) is 2. The summed E-state index contributed by atoms with van der Waals surface area (Å²) in [6.45, 7) is 8.08. The largest absolute Gasteiger partial charge is 0.341 e. The Morgan fingerprint density at radius 3 is 1.73 bits per heavy atom. The van der Waals surface area contributed by atoms with Crippen molar-refractivity contribution in [1.82, 2.24) is 15.1 Å². The minimum atomic E-state index is -0.0665. The van der Waals surface area contributed by atoms with Crippen LogP contribution in [0.5, 0.6) is 0 Å². The third-order valence-corrected chi connectivity index (χ3v) is 2.23. The highest BCUT2D eigenvalue weighted by atomic mass is 16.2. The fourth-order valence-electron chi connectivity index (χ4n) is 1.38. The molecule has 1 aliphatic rings. The molecule has 0 unspecified atom stereocenters. The van der Waals surface area contributed by atoms with Gasteiger partial charge in [-0.05, 0) is 0 Å². The molecule has 1 aliphatic heterocycles. The molecule has 1 rings (SSSR count). The van der Waals surface area contributed by atoms with Crippen molar-refractivity contribution in [3.05, 3.63) is 0 Å². The zero-order valence-electron chi connectivity index (χ0n) is 10.0. The van der Waals surface area contributed by atoms with E-state index in [1.54, 1.807) is 23.8 Å². The van der Waals surface area contributed by atoms with Crippen molar-refractivity contribution in [2.24, 2.45) is 0 Å². The lowest BCUT2D eigenvalue weighted by Crippen LogP contribution is -2.52.